The first-order valence-corrected chi connectivity index (χ1v) is 9.35. The Kier molecular flexibility index (Phi) is 5.18. The Morgan fingerprint density at radius 3 is 2.38 bits per heavy atom. The van der Waals surface area contributed by atoms with Gasteiger partial charge in [-0.05, 0) is 49.7 Å². The van der Waals surface area contributed by atoms with E-state index in [9.17, 15) is 22.8 Å². The Morgan fingerprint density at radius 1 is 1.21 bits per heavy atom. The first-order valence-electron chi connectivity index (χ1n) is 11.0. The summed E-state index contributed by atoms with van der Waals surface area (Å²) < 4.78 is 76.7. The van der Waals surface area contributed by atoms with E-state index in [1.165, 1.54) is 18.2 Å². The van der Waals surface area contributed by atoms with E-state index in [2.05, 4.69) is 4.90 Å². The van der Waals surface area contributed by atoms with Gasteiger partial charge in [-0.3, -0.25) is 9.59 Å². The molecule has 0 bridgehead atoms. The number of halogens is 4. The number of nitrogens with zero attached hydrogens (tertiary/aromatic N) is 3. The van der Waals surface area contributed by atoms with Crippen LogP contribution in [0.2, 0.25) is 0 Å². The van der Waals surface area contributed by atoms with Crippen LogP contribution < -0.4 is 9.80 Å². The van der Waals surface area contributed by atoms with Crippen molar-refractivity contribution in [1.82, 2.24) is 4.90 Å². The molecule has 2 heterocycles. The Balaban J connectivity index is 2.13. The second-order valence-corrected chi connectivity index (χ2v) is 7.23. The van der Waals surface area contributed by atoms with Gasteiger partial charge in [-0.15, -0.1) is 0 Å². The highest BCUT2D eigenvalue weighted by atomic mass is 35.5. The number of carbonyl (C=O) groups is 2. The van der Waals surface area contributed by atoms with Gasteiger partial charge in [0.05, 0.1) is 16.7 Å². The fraction of sp³-hybridized carbons (Fsp3) is 0.579. The highest BCUT2D eigenvalue weighted by Crippen LogP contribution is 2.35. The minimum atomic E-state index is -5.37. The monoisotopic (exact) mass is 437 g/mol. The number of hydrogen-bond acceptors (Lipinski definition) is 5. The molecule has 1 aromatic carbocycles. The molecule has 29 heavy (non-hydrogen) atoms. The third-order valence-electron chi connectivity index (χ3n) is 4.93. The number of alkyl halides is 3. The summed E-state index contributed by atoms with van der Waals surface area (Å²) in [6, 6.07) is 2.39. The zero-order valence-electron chi connectivity index (χ0n) is 19.6. The molecule has 160 valence electrons. The molecular weight excluding hydrogens is 411 g/mol. The van der Waals surface area contributed by atoms with Crippen molar-refractivity contribution >= 4 is 34.1 Å². The van der Waals surface area contributed by atoms with Crippen LogP contribution in [-0.2, 0) is 9.53 Å². The lowest BCUT2D eigenvalue weighted by atomic mass is 10.0. The van der Waals surface area contributed by atoms with Gasteiger partial charge >= 0.3 is 12.1 Å². The van der Waals surface area contributed by atoms with E-state index in [0.717, 1.165) is 0 Å². The van der Waals surface area contributed by atoms with E-state index in [4.69, 9.17) is 21.8 Å². The summed E-state index contributed by atoms with van der Waals surface area (Å²) in [5, 5.41) is -1.10. The van der Waals surface area contributed by atoms with Crippen LogP contribution in [0.25, 0.3) is 0 Å². The summed E-state index contributed by atoms with van der Waals surface area (Å²) in [7, 11) is 1.93. The molecule has 0 saturated carbocycles. The summed E-state index contributed by atoms with van der Waals surface area (Å²) in [5.41, 5.74) is -0.371. The summed E-state index contributed by atoms with van der Waals surface area (Å²) >= 11 is 5.63. The van der Waals surface area contributed by atoms with Crippen LogP contribution in [-0.4, -0.2) is 74.6 Å². The van der Waals surface area contributed by atoms with Gasteiger partial charge in [-0.1, -0.05) is 0 Å². The number of carbonyl (C=O) groups excluding carboxylic acids is 2. The van der Waals surface area contributed by atoms with Crippen molar-refractivity contribution in [2.75, 3.05) is 56.1 Å². The predicted octanol–water partition coefficient (Wildman–Crippen LogP) is 2.89. The second-order valence-electron chi connectivity index (χ2n) is 6.89. The average Bonchev–Trinajstić information content (AvgIpc) is 2.65. The van der Waals surface area contributed by atoms with Crippen molar-refractivity contribution in [1.29, 1.82) is 0 Å². The molecule has 1 aromatic rings. The van der Waals surface area contributed by atoms with E-state index in [-0.39, 0.29) is 10.5 Å². The molecule has 3 rings (SSSR count). The lowest BCUT2D eigenvalue weighted by Crippen LogP contribution is -2.50. The number of rotatable bonds is 4. The Morgan fingerprint density at radius 2 is 1.83 bits per heavy atom. The zero-order chi connectivity index (χ0) is 24.8. The van der Waals surface area contributed by atoms with Crippen LogP contribution >= 0.6 is 11.6 Å². The number of amides is 1. The van der Waals surface area contributed by atoms with Gasteiger partial charge in [0.15, 0.2) is 0 Å². The Hall–Kier alpha value is -1.84. The fourth-order valence-corrected chi connectivity index (χ4v) is 3.50. The van der Waals surface area contributed by atoms with Gasteiger partial charge in [0.1, 0.15) is 0 Å². The molecule has 2 saturated heterocycles. The Labute approximate surface area is 177 Å². The number of hydrogen-bond donors (Lipinski definition) is 0. The molecule has 0 radical (unpaired) electrons. The van der Waals surface area contributed by atoms with Crippen molar-refractivity contribution in [3.8, 4) is 0 Å². The number of anilines is 2. The molecule has 6 nitrogen and oxygen atoms in total. The summed E-state index contributed by atoms with van der Waals surface area (Å²) in [6.07, 6.45) is -6.83. The third kappa shape index (κ3) is 5.02. The van der Waals surface area contributed by atoms with E-state index >= 15 is 0 Å². The van der Waals surface area contributed by atoms with Gasteiger partial charge in [0.25, 0.3) is 5.24 Å². The molecule has 2 aliphatic heterocycles. The van der Waals surface area contributed by atoms with Crippen LogP contribution in [0.15, 0.2) is 18.2 Å². The van der Waals surface area contributed by atoms with Crippen molar-refractivity contribution in [2.24, 2.45) is 0 Å². The largest absolute Gasteiger partial charge is 0.471 e. The van der Waals surface area contributed by atoms with Crippen LogP contribution in [0.4, 0.5) is 24.5 Å². The molecule has 10 heteroatoms. The highest BCUT2D eigenvalue weighted by Gasteiger charge is 2.46. The topological polar surface area (TPSA) is 53.1 Å². The van der Waals surface area contributed by atoms with Gasteiger partial charge in [0, 0.05) is 51.0 Å². The van der Waals surface area contributed by atoms with Crippen LogP contribution in [0.3, 0.4) is 0 Å². The second kappa shape index (κ2) is 8.89. The van der Waals surface area contributed by atoms with Crippen molar-refractivity contribution in [3.63, 3.8) is 0 Å². The number of likely N-dealkylation sites (N-methyl/N-ethyl adjacent to an activating group) is 1. The predicted molar refractivity (Wildman–Crippen MR) is 104 cm³/mol. The smallest absolute Gasteiger partial charge is 0.381 e. The lowest BCUT2D eigenvalue weighted by molar-refractivity contribution is -0.171. The molecule has 2 aliphatic rings. The van der Waals surface area contributed by atoms with E-state index in [1.807, 2.05) is 11.9 Å². The van der Waals surface area contributed by atoms with E-state index in [1.54, 1.807) is 0 Å². The molecule has 0 unspecified atom stereocenters. The molecular formula is C19H23ClF3N3O3. The quantitative estimate of drug-likeness (QED) is 0.678. The molecule has 0 aliphatic carbocycles. The number of ether oxygens (including phenoxy) is 1. The normalized spacial score (nSPS) is 24.8. The maximum Gasteiger partial charge on any atom is 0.471 e. The maximum atomic E-state index is 13.6. The van der Waals surface area contributed by atoms with Gasteiger partial charge < -0.3 is 19.4 Å². The van der Waals surface area contributed by atoms with Crippen molar-refractivity contribution in [3.05, 3.63) is 23.8 Å². The van der Waals surface area contributed by atoms with Gasteiger partial charge in [0.2, 0.25) is 0 Å². The minimum absolute atomic E-state index is 0.243. The molecule has 2 fully saturated rings. The van der Waals surface area contributed by atoms with Crippen LogP contribution in [0.5, 0.6) is 0 Å². The first-order chi connectivity index (χ1) is 15.1. The standard InChI is InChI=1S/C19H23ClF3N3O3/c1-24-6-8-25(9-7-24)14-2-3-15(17(20)27)16(12-14)26(18(28)19(21,22)23)13-4-10-29-11-5-13/h2-3,12-13H,4-11H2,1H3/i10D2,11D2. The highest BCUT2D eigenvalue weighted by molar-refractivity contribution is 6.68. The molecule has 0 spiro atoms. The molecule has 1 amide bonds. The van der Waals surface area contributed by atoms with E-state index in [0.29, 0.717) is 31.9 Å². The molecule has 0 atom stereocenters. The third-order valence-corrected chi connectivity index (χ3v) is 5.13. The van der Waals surface area contributed by atoms with Crippen molar-refractivity contribution in [2.45, 2.75) is 25.1 Å². The van der Waals surface area contributed by atoms with Gasteiger partial charge in [-0.2, -0.15) is 13.2 Å². The number of benzene rings is 1. The first kappa shape index (κ1) is 16.9. The summed E-state index contributed by atoms with van der Waals surface area (Å²) in [6.45, 7) is -2.79. The number of piperazine rings is 1. The zero-order valence-corrected chi connectivity index (χ0v) is 16.4. The van der Waals surface area contributed by atoms with Crippen molar-refractivity contribution < 1.29 is 33.0 Å². The SMILES string of the molecule is [2H]C1([2H])CC(N(C(=O)C(F)(F)F)c2cc(N3CCN(C)CC3)ccc2C(=O)Cl)CC([2H])([2H])O1. The summed E-state index contributed by atoms with van der Waals surface area (Å²) in [5.74, 6) is -2.35. The Bertz CT molecular complexity index is 911. The van der Waals surface area contributed by atoms with Crippen LogP contribution in [0.1, 0.15) is 28.7 Å². The fourth-order valence-electron chi connectivity index (χ4n) is 3.34. The molecule has 0 aromatic heterocycles. The van der Waals surface area contributed by atoms with Crippen LogP contribution in [0, 0.1) is 0 Å². The van der Waals surface area contributed by atoms with Gasteiger partial charge in [-0.25, -0.2) is 0 Å². The minimum Gasteiger partial charge on any atom is -0.381 e. The molecule has 0 N–H and O–H groups in total. The van der Waals surface area contributed by atoms with E-state index < -0.39 is 55.0 Å². The summed E-state index contributed by atoms with van der Waals surface area (Å²) in [4.78, 5) is 28.8. The lowest BCUT2D eigenvalue weighted by Gasteiger charge is -2.37. The average molecular weight is 438 g/mol. The maximum absolute atomic E-state index is 13.6.